The number of ether oxygens (including phenoxy) is 2. The van der Waals surface area contributed by atoms with Gasteiger partial charge in [0.05, 0.1) is 33.0 Å². The first-order valence-electron chi connectivity index (χ1n) is 9.84. The van der Waals surface area contributed by atoms with E-state index in [0.29, 0.717) is 12.0 Å². The molecule has 2 aliphatic heterocycles. The monoisotopic (exact) mass is 355 g/mol. The van der Waals surface area contributed by atoms with Crippen LogP contribution in [0.1, 0.15) is 20.8 Å². The maximum atomic E-state index is 5.49. The zero-order valence-corrected chi connectivity index (χ0v) is 16.3. The van der Waals surface area contributed by atoms with Crippen molar-refractivity contribution >= 4 is 5.96 Å². The molecule has 25 heavy (non-hydrogen) atoms. The number of aliphatic imine (C=N–C) groups is 1. The van der Waals surface area contributed by atoms with E-state index in [1.165, 1.54) is 0 Å². The maximum absolute atomic E-state index is 5.49. The van der Waals surface area contributed by atoms with Crippen LogP contribution in [0.5, 0.6) is 0 Å². The van der Waals surface area contributed by atoms with Crippen LogP contribution in [0.3, 0.4) is 0 Å². The molecule has 1 unspecified atom stereocenters. The van der Waals surface area contributed by atoms with Crippen molar-refractivity contribution in [1.82, 2.24) is 20.4 Å². The quantitative estimate of drug-likeness (QED) is 0.480. The van der Waals surface area contributed by atoms with Crippen molar-refractivity contribution in [3.63, 3.8) is 0 Å². The molecule has 0 radical (unpaired) electrons. The summed E-state index contributed by atoms with van der Waals surface area (Å²) in [5, 5.41) is 6.85. The molecule has 7 heteroatoms. The fourth-order valence-electron chi connectivity index (χ4n) is 3.34. The minimum absolute atomic E-state index is 0.471. The van der Waals surface area contributed by atoms with Crippen LogP contribution in [0.15, 0.2) is 4.99 Å². The van der Waals surface area contributed by atoms with Crippen molar-refractivity contribution in [2.24, 2.45) is 10.9 Å². The Bertz CT molecular complexity index is 380. The topological polar surface area (TPSA) is 61.4 Å². The van der Waals surface area contributed by atoms with Gasteiger partial charge in [-0.3, -0.25) is 14.8 Å². The van der Waals surface area contributed by atoms with E-state index in [1.807, 2.05) is 0 Å². The van der Waals surface area contributed by atoms with Gasteiger partial charge >= 0.3 is 0 Å². The molecule has 2 N–H and O–H groups in total. The van der Waals surface area contributed by atoms with E-state index in [9.17, 15) is 0 Å². The van der Waals surface area contributed by atoms with Gasteiger partial charge < -0.3 is 20.1 Å². The summed E-state index contributed by atoms with van der Waals surface area (Å²) >= 11 is 0. The molecule has 0 amide bonds. The minimum Gasteiger partial charge on any atom is -0.379 e. The van der Waals surface area contributed by atoms with Gasteiger partial charge in [0.25, 0.3) is 0 Å². The second-order valence-corrected chi connectivity index (χ2v) is 7.06. The highest BCUT2D eigenvalue weighted by Gasteiger charge is 2.23. The molecule has 0 aliphatic carbocycles. The van der Waals surface area contributed by atoms with E-state index in [-0.39, 0.29) is 0 Å². The first kappa shape index (κ1) is 20.4. The smallest absolute Gasteiger partial charge is 0.191 e. The minimum atomic E-state index is 0.471. The summed E-state index contributed by atoms with van der Waals surface area (Å²) in [5.41, 5.74) is 0. The average Bonchev–Trinajstić information content (AvgIpc) is 2.63. The fraction of sp³-hybridized carbons (Fsp3) is 0.944. The number of hydrogen-bond donors (Lipinski definition) is 2. The van der Waals surface area contributed by atoms with Crippen LogP contribution in [0.2, 0.25) is 0 Å². The van der Waals surface area contributed by atoms with Gasteiger partial charge in [-0.2, -0.15) is 0 Å². The predicted molar refractivity (Wildman–Crippen MR) is 102 cm³/mol. The molecule has 2 aliphatic rings. The number of guanidine groups is 1. The first-order valence-corrected chi connectivity index (χ1v) is 9.84. The molecular weight excluding hydrogens is 318 g/mol. The largest absolute Gasteiger partial charge is 0.379 e. The average molecular weight is 356 g/mol. The van der Waals surface area contributed by atoms with Gasteiger partial charge in [0.1, 0.15) is 0 Å². The molecule has 0 spiro atoms. The maximum Gasteiger partial charge on any atom is 0.191 e. The highest BCUT2D eigenvalue weighted by atomic mass is 16.5. The normalized spacial score (nSPS) is 22.2. The van der Waals surface area contributed by atoms with Crippen LogP contribution in [0.25, 0.3) is 0 Å². The van der Waals surface area contributed by atoms with Crippen LogP contribution in [-0.4, -0.2) is 101 Å². The Morgan fingerprint density at radius 1 is 1.00 bits per heavy atom. The summed E-state index contributed by atoms with van der Waals surface area (Å²) in [6.07, 6.45) is 0. The van der Waals surface area contributed by atoms with Gasteiger partial charge in [0.15, 0.2) is 5.96 Å². The Morgan fingerprint density at radius 3 is 2.24 bits per heavy atom. The number of morpholine rings is 2. The van der Waals surface area contributed by atoms with E-state index in [2.05, 4.69) is 41.2 Å². The highest BCUT2D eigenvalue weighted by Crippen LogP contribution is 2.13. The van der Waals surface area contributed by atoms with E-state index < -0.39 is 0 Å². The molecule has 0 aromatic heterocycles. The summed E-state index contributed by atoms with van der Waals surface area (Å²) in [7, 11) is 0. The van der Waals surface area contributed by atoms with Crippen molar-refractivity contribution in [3.8, 4) is 0 Å². The van der Waals surface area contributed by atoms with Crippen molar-refractivity contribution in [3.05, 3.63) is 0 Å². The molecule has 1 atom stereocenters. The SMILES string of the molecule is CCNC(=NCC(C(C)C)N1CCOCC1)NCCN1CCOCC1. The third kappa shape index (κ3) is 7.48. The molecule has 146 valence electrons. The van der Waals surface area contributed by atoms with E-state index in [0.717, 1.165) is 84.7 Å². The molecule has 2 rings (SSSR count). The lowest BCUT2D eigenvalue weighted by Gasteiger charge is -2.36. The fourth-order valence-corrected chi connectivity index (χ4v) is 3.34. The molecule has 7 nitrogen and oxygen atoms in total. The second kappa shape index (κ2) is 11.7. The number of rotatable bonds is 8. The lowest BCUT2D eigenvalue weighted by atomic mass is 10.0. The summed E-state index contributed by atoms with van der Waals surface area (Å²) in [5.74, 6) is 1.51. The van der Waals surface area contributed by atoms with E-state index in [1.54, 1.807) is 0 Å². The second-order valence-electron chi connectivity index (χ2n) is 7.06. The Balaban J connectivity index is 1.81. The molecular formula is C18H37N5O2. The van der Waals surface area contributed by atoms with E-state index >= 15 is 0 Å². The molecule has 2 saturated heterocycles. The first-order chi connectivity index (χ1) is 12.2. The third-order valence-corrected chi connectivity index (χ3v) is 4.89. The van der Waals surface area contributed by atoms with Gasteiger partial charge in [0.2, 0.25) is 0 Å². The Kier molecular flexibility index (Phi) is 9.54. The summed E-state index contributed by atoms with van der Waals surface area (Å²) in [6, 6.07) is 0.471. The van der Waals surface area contributed by atoms with Gasteiger partial charge in [-0.15, -0.1) is 0 Å². The van der Waals surface area contributed by atoms with Gasteiger partial charge in [-0.25, -0.2) is 0 Å². The Morgan fingerprint density at radius 2 is 1.64 bits per heavy atom. The lowest BCUT2D eigenvalue weighted by molar-refractivity contribution is 0.00867. The van der Waals surface area contributed by atoms with Crippen molar-refractivity contribution in [2.75, 3.05) is 78.8 Å². The number of nitrogens with one attached hydrogen (secondary N) is 2. The van der Waals surface area contributed by atoms with Gasteiger partial charge in [0, 0.05) is 51.9 Å². The summed E-state index contributed by atoms with van der Waals surface area (Å²) in [4.78, 5) is 9.82. The predicted octanol–water partition coefficient (Wildman–Crippen LogP) is 0.231. The zero-order chi connectivity index (χ0) is 17.9. The molecule has 0 aromatic carbocycles. The molecule has 0 bridgehead atoms. The molecule has 2 heterocycles. The summed E-state index contributed by atoms with van der Waals surface area (Å²) < 4.78 is 10.9. The Hall–Kier alpha value is -0.890. The Labute approximate surface area is 153 Å². The van der Waals surface area contributed by atoms with E-state index in [4.69, 9.17) is 14.5 Å². The van der Waals surface area contributed by atoms with Gasteiger partial charge in [-0.05, 0) is 12.8 Å². The van der Waals surface area contributed by atoms with Gasteiger partial charge in [-0.1, -0.05) is 13.8 Å². The van der Waals surface area contributed by atoms with Crippen molar-refractivity contribution in [1.29, 1.82) is 0 Å². The lowest BCUT2D eigenvalue weighted by Crippen LogP contribution is -2.48. The molecule has 2 fully saturated rings. The van der Waals surface area contributed by atoms with Crippen molar-refractivity contribution < 1.29 is 9.47 Å². The van der Waals surface area contributed by atoms with Crippen LogP contribution >= 0.6 is 0 Å². The number of hydrogen-bond acceptors (Lipinski definition) is 5. The standard InChI is InChI=1S/C18H37N5O2/c1-4-19-18(20-5-6-22-7-11-24-12-8-22)21-15-17(16(2)3)23-9-13-25-14-10-23/h16-17H,4-15H2,1-3H3,(H2,19,20,21). The molecule has 0 saturated carbocycles. The molecule has 0 aromatic rings. The van der Waals surface area contributed by atoms with Crippen LogP contribution < -0.4 is 10.6 Å². The third-order valence-electron chi connectivity index (χ3n) is 4.89. The number of nitrogens with zero attached hydrogens (tertiary/aromatic N) is 3. The zero-order valence-electron chi connectivity index (χ0n) is 16.3. The van der Waals surface area contributed by atoms with Crippen molar-refractivity contribution in [2.45, 2.75) is 26.8 Å². The van der Waals surface area contributed by atoms with Crippen LogP contribution in [0, 0.1) is 5.92 Å². The highest BCUT2D eigenvalue weighted by molar-refractivity contribution is 5.79. The van der Waals surface area contributed by atoms with Crippen LogP contribution in [0.4, 0.5) is 0 Å². The summed E-state index contributed by atoms with van der Waals surface area (Å²) in [6.45, 7) is 17.8. The van der Waals surface area contributed by atoms with Crippen LogP contribution in [-0.2, 0) is 9.47 Å².